The summed E-state index contributed by atoms with van der Waals surface area (Å²) < 4.78 is 2.27. The highest BCUT2D eigenvalue weighted by atomic mass is 16.3. The van der Waals surface area contributed by atoms with Gasteiger partial charge in [0, 0.05) is 22.3 Å². The van der Waals surface area contributed by atoms with Crippen molar-refractivity contribution in [3.05, 3.63) is 42.5 Å². The fraction of sp³-hybridized carbons (Fsp3) is 0.200. The average molecular weight is 225 g/mol. The maximum atomic E-state index is 10.1. The van der Waals surface area contributed by atoms with Crippen LogP contribution in [0.5, 0.6) is 5.75 Å². The molecular formula is C15H15NO. The van der Waals surface area contributed by atoms with Crippen LogP contribution in [0.2, 0.25) is 0 Å². The number of aromatic nitrogens is 1. The van der Waals surface area contributed by atoms with E-state index < -0.39 is 0 Å². The maximum absolute atomic E-state index is 10.1. The molecule has 0 aliphatic rings. The molecule has 2 heteroatoms. The van der Waals surface area contributed by atoms with Crippen molar-refractivity contribution in [3.63, 3.8) is 0 Å². The normalized spacial score (nSPS) is 11.7. The van der Waals surface area contributed by atoms with Crippen molar-refractivity contribution in [2.45, 2.75) is 19.9 Å². The first kappa shape index (κ1) is 10.2. The Bertz CT molecular complexity index is 695. The molecule has 0 radical (unpaired) electrons. The molecule has 2 nitrogen and oxygen atoms in total. The molecule has 0 saturated heterocycles. The van der Waals surface area contributed by atoms with Crippen LogP contribution < -0.4 is 0 Å². The maximum Gasteiger partial charge on any atom is 0.125 e. The summed E-state index contributed by atoms with van der Waals surface area (Å²) in [5, 5.41) is 12.1. The second-order valence-electron chi connectivity index (χ2n) is 4.65. The third-order valence-corrected chi connectivity index (χ3v) is 3.23. The molecule has 0 bridgehead atoms. The molecule has 0 amide bonds. The van der Waals surface area contributed by atoms with Gasteiger partial charge < -0.3 is 9.67 Å². The number of hydrogen-bond donors (Lipinski definition) is 1. The highest BCUT2D eigenvalue weighted by Crippen LogP contribution is 2.36. The smallest absolute Gasteiger partial charge is 0.125 e. The van der Waals surface area contributed by atoms with Crippen molar-refractivity contribution in [1.29, 1.82) is 0 Å². The molecule has 0 aliphatic heterocycles. The molecule has 17 heavy (non-hydrogen) atoms. The van der Waals surface area contributed by atoms with Crippen molar-refractivity contribution >= 4 is 21.8 Å². The van der Waals surface area contributed by atoms with E-state index in [1.54, 1.807) is 6.07 Å². The van der Waals surface area contributed by atoms with Crippen molar-refractivity contribution in [2.24, 2.45) is 0 Å². The van der Waals surface area contributed by atoms with Gasteiger partial charge in [-0.2, -0.15) is 0 Å². The predicted octanol–water partition coefficient (Wildman–Crippen LogP) is 4.08. The molecule has 0 fully saturated rings. The van der Waals surface area contributed by atoms with Gasteiger partial charge in [0.05, 0.1) is 5.52 Å². The van der Waals surface area contributed by atoms with Gasteiger partial charge in [-0.3, -0.25) is 0 Å². The minimum Gasteiger partial charge on any atom is -0.507 e. The van der Waals surface area contributed by atoms with Gasteiger partial charge in [-0.15, -0.1) is 0 Å². The number of aromatic hydroxyl groups is 1. The summed E-state index contributed by atoms with van der Waals surface area (Å²) in [7, 11) is 0. The standard InChI is InChI=1S/C15H15NO/c1-10(2)16-12-7-4-3-6-11(12)15-13(16)8-5-9-14(15)17/h3-10,17H,1-2H3. The molecule has 1 N–H and O–H groups in total. The van der Waals surface area contributed by atoms with E-state index in [2.05, 4.69) is 36.6 Å². The van der Waals surface area contributed by atoms with Crippen LogP contribution in [0.25, 0.3) is 21.8 Å². The Morgan fingerprint density at radius 2 is 1.65 bits per heavy atom. The van der Waals surface area contributed by atoms with Crippen LogP contribution in [0.15, 0.2) is 42.5 Å². The van der Waals surface area contributed by atoms with Gasteiger partial charge in [0.2, 0.25) is 0 Å². The fourth-order valence-electron chi connectivity index (χ4n) is 2.59. The summed E-state index contributed by atoms with van der Waals surface area (Å²) in [6, 6.07) is 14.3. The van der Waals surface area contributed by atoms with Crippen LogP contribution in [0, 0.1) is 0 Å². The number of fused-ring (bicyclic) bond motifs is 3. The highest BCUT2D eigenvalue weighted by Gasteiger charge is 2.14. The van der Waals surface area contributed by atoms with Crippen molar-refractivity contribution in [1.82, 2.24) is 4.57 Å². The van der Waals surface area contributed by atoms with Crippen LogP contribution in [-0.2, 0) is 0 Å². The molecule has 3 aromatic rings. The SMILES string of the molecule is CC(C)n1c2ccccc2c2c(O)cccc21. The van der Waals surface area contributed by atoms with Gasteiger partial charge in [0.25, 0.3) is 0 Å². The van der Waals surface area contributed by atoms with E-state index in [0.29, 0.717) is 11.8 Å². The largest absolute Gasteiger partial charge is 0.507 e. The molecule has 3 rings (SSSR count). The van der Waals surface area contributed by atoms with E-state index >= 15 is 0 Å². The van der Waals surface area contributed by atoms with Gasteiger partial charge in [-0.25, -0.2) is 0 Å². The zero-order chi connectivity index (χ0) is 12.0. The lowest BCUT2D eigenvalue weighted by Crippen LogP contribution is -1.99. The summed E-state index contributed by atoms with van der Waals surface area (Å²) in [5.41, 5.74) is 2.28. The van der Waals surface area contributed by atoms with Crippen molar-refractivity contribution in [2.75, 3.05) is 0 Å². The zero-order valence-electron chi connectivity index (χ0n) is 10.0. The van der Waals surface area contributed by atoms with Crippen LogP contribution >= 0.6 is 0 Å². The van der Waals surface area contributed by atoms with E-state index in [1.165, 1.54) is 5.52 Å². The zero-order valence-corrected chi connectivity index (χ0v) is 10.0. The van der Waals surface area contributed by atoms with Crippen LogP contribution in [0.1, 0.15) is 19.9 Å². The Morgan fingerprint density at radius 3 is 2.41 bits per heavy atom. The summed E-state index contributed by atoms with van der Waals surface area (Å²) in [6.45, 7) is 4.33. The monoisotopic (exact) mass is 225 g/mol. The topological polar surface area (TPSA) is 25.2 Å². The molecule has 1 heterocycles. The molecule has 0 atom stereocenters. The van der Waals surface area contributed by atoms with Crippen LogP contribution in [0.3, 0.4) is 0 Å². The Kier molecular flexibility index (Phi) is 2.11. The molecule has 0 unspecified atom stereocenters. The molecule has 86 valence electrons. The van der Waals surface area contributed by atoms with E-state index in [9.17, 15) is 5.11 Å². The average Bonchev–Trinajstić information content (AvgIpc) is 2.64. The van der Waals surface area contributed by atoms with Crippen molar-refractivity contribution in [3.8, 4) is 5.75 Å². The first-order valence-corrected chi connectivity index (χ1v) is 5.91. The molecule has 1 aromatic heterocycles. The first-order valence-electron chi connectivity index (χ1n) is 5.91. The van der Waals surface area contributed by atoms with E-state index in [-0.39, 0.29) is 0 Å². The van der Waals surface area contributed by atoms with E-state index in [1.807, 2.05) is 18.2 Å². The Morgan fingerprint density at radius 1 is 0.941 bits per heavy atom. The number of rotatable bonds is 1. The summed E-state index contributed by atoms with van der Waals surface area (Å²) in [5.74, 6) is 0.359. The van der Waals surface area contributed by atoms with Gasteiger partial charge in [0.1, 0.15) is 5.75 Å². The molecule has 2 aromatic carbocycles. The summed E-state index contributed by atoms with van der Waals surface area (Å²) in [4.78, 5) is 0. The quantitative estimate of drug-likeness (QED) is 0.663. The molecule has 0 saturated carbocycles. The van der Waals surface area contributed by atoms with Crippen molar-refractivity contribution < 1.29 is 5.11 Å². The van der Waals surface area contributed by atoms with E-state index in [4.69, 9.17) is 0 Å². The van der Waals surface area contributed by atoms with E-state index in [0.717, 1.165) is 16.3 Å². The minimum absolute atomic E-state index is 0.359. The number of para-hydroxylation sites is 1. The fourth-order valence-corrected chi connectivity index (χ4v) is 2.59. The number of phenols is 1. The third kappa shape index (κ3) is 1.34. The van der Waals surface area contributed by atoms with Gasteiger partial charge >= 0.3 is 0 Å². The second kappa shape index (κ2) is 3.52. The summed E-state index contributed by atoms with van der Waals surface area (Å²) in [6.07, 6.45) is 0. The molecule has 0 spiro atoms. The van der Waals surface area contributed by atoms with Gasteiger partial charge in [-0.1, -0.05) is 24.3 Å². The molecule has 0 aliphatic carbocycles. The Labute approximate surface area is 100 Å². The van der Waals surface area contributed by atoms with Crippen LogP contribution in [0.4, 0.5) is 0 Å². The molecular weight excluding hydrogens is 210 g/mol. The first-order chi connectivity index (χ1) is 8.20. The number of benzene rings is 2. The van der Waals surface area contributed by atoms with Gasteiger partial charge in [-0.05, 0) is 32.0 Å². The summed E-state index contributed by atoms with van der Waals surface area (Å²) >= 11 is 0. The van der Waals surface area contributed by atoms with Crippen LogP contribution in [-0.4, -0.2) is 9.67 Å². The second-order valence-corrected chi connectivity index (χ2v) is 4.65. The highest BCUT2D eigenvalue weighted by molar-refractivity contribution is 6.11. The lowest BCUT2D eigenvalue weighted by molar-refractivity contribution is 0.482. The minimum atomic E-state index is 0.359. The number of phenolic OH excluding ortho intramolecular Hbond substituents is 1. The Balaban J connectivity index is 2.62. The predicted molar refractivity (Wildman–Crippen MR) is 71.5 cm³/mol. The third-order valence-electron chi connectivity index (χ3n) is 3.23. The lowest BCUT2D eigenvalue weighted by atomic mass is 10.1. The van der Waals surface area contributed by atoms with Gasteiger partial charge in [0.15, 0.2) is 0 Å². The number of hydrogen-bond acceptors (Lipinski definition) is 1. The number of nitrogens with zero attached hydrogens (tertiary/aromatic N) is 1. The Hall–Kier alpha value is -1.96. The lowest BCUT2D eigenvalue weighted by Gasteiger charge is -2.11.